The van der Waals surface area contributed by atoms with Gasteiger partial charge < -0.3 is 9.64 Å². The van der Waals surface area contributed by atoms with Gasteiger partial charge in [-0.25, -0.2) is 4.79 Å². The van der Waals surface area contributed by atoms with Crippen molar-refractivity contribution in [3.63, 3.8) is 0 Å². The molecule has 2 aromatic rings. The zero-order valence-electron chi connectivity index (χ0n) is 17.1. The van der Waals surface area contributed by atoms with Gasteiger partial charge >= 0.3 is 5.97 Å². The fourth-order valence-corrected chi connectivity index (χ4v) is 4.40. The average molecular weight is 423 g/mol. The summed E-state index contributed by atoms with van der Waals surface area (Å²) in [5, 5.41) is 11.0. The van der Waals surface area contributed by atoms with Crippen LogP contribution in [-0.2, 0) is 20.9 Å². The lowest BCUT2D eigenvalue weighted by Gasteiger charge is -2.50. The molecule has 1 atom stereocenters. The van der Waals surface area contributed by atoms with E-state index >= 15 is 0 Å². The lowest BCUT2D eigenvalue weighted by atomic mass is 9.95. The molecule has 0 unspecified atom stereocenters. The molecule has 0 aliphatic carbocycles. The van der Waals surface area contributed by atoms with Gasteiger partial charge in [0.15, 0.2) is 0 Å². The van der Waals surface area contributed by atoms with Crippen molar-refractivity contribution >= 4 is 29.2 Å². The first-order valence-electron chi connectivity index (χ1n) is 9.93. The van der Waals surface area contributed by atoms with Gasteiger partial charge in [0.25, 0.3) is 11.6 Å². The monoisotopic (exact) mass is 423 g/mol. The Kier molecular flexibility index (Phi) is 4.96. The average Bonchev–Trinajstić information content (AvgIpc) is 3.10. The predicted octanol–water partition coefficient (Wildman–Crippen LogP) is 3.03. The Morgan fingerprint density at radius 2 is 1.94 bits per heavy atom. The highest BCUT2D eigenvalue weighted by Crippen LogP contribution is 2.46. The van der Waals surface area contributed by atoms with Crippen LogP contribution in [0, 0.1) is 10.1 Å². The van der Waals surface area contributed by atoms with E-state index in [1.165, 1.54) is 28.0 Å². The third-order valence-corrected chi connectivity index (χ3v) is 5.63. The number of para-hydroxylation sites is 1. The van der Waals surface area contributed by atoms with Crippen molar-refractivity contribution in [1.29, 1.82) is 0 Å². The number of non-ortho nitro benzene ring substituents is 1. The topological polar surface area (TPSA) is 110 Å². The molecule has 9 nitrogen and oxygen atoms in total. The number of nitro benzene ring substituents is 1. The van der Waals surface area contributed by atoms with Crippen molar-refractivity contribution in [2.24, 2.45) is 0 Å². The molecule has 2 heterocycles. The van der Waals surface area contributed by atoms with Crippen molar-refractivity contribution < 1.29 is 24.0 Å². The zero-order valence-corrected chi connectivity index (χ0v) is 17.1. The molecule has 2 aliphatic rings. The molecule has 4 rings (SSSR count). The van der Waals surface area contributed by atoms with Crippen LogP contribution in [0.5, 0.6) is 0 Å². The van der Waals surface area contributed by atoms with Gasteiger partial charge in [0, 0.05) is 31.0 Å². The second kappa shape index (κ2) is 7.50. The minimum Gasteiger partial charge on any atom is -0.458 e. The highest BCUT2D eigenvalue weighted by molar-refractivity contribution is 6.15. The Hall–Kier alpha value is -3.75. The maximum atomic E-state index is 13.5. The highest BCUT2D eigenvalue weighted by Gasteiger charge is 2.62. The number of rotatable bonds is 5. The maximum Gasteiger partial charge on any atom is 0.354 e. The minimum absolute atomic E-state index is 0.0940. The summed E-state index contributed by atoms with van der Waals surface area (Å²) < 4.78 is 5.55. The lowest BCUT2D eigenvalue weighted by molar-refractivity contribution is -0.384. The molecular weight excluding hydrogens is 402 g/mol. The van der Waals surface area contributed by atoms with Crippen LogP contribution in [0.1, 0.15) is 42.6 Å². The summed E-state index contributed by atoms with van der Waals surface area (Å²) in [6, 6.07) is 12.1. The van der Waals surface area contributed by atoms with Crippen LogP contribution in [-0.4, -0.2) is 39.3 Å². The minimum atomic E-state index is -1.59. The quantitative estimate of drug-likeness (QED) is 0.415. The molecule has 0 N–H and O–H groups in total. The van der Waals surface area contributed by atoms with Gasteiger partial charge in [-0.1, -0.05) is 24.3 Å². The van der Waals surface area contributed by atoms with Crippen LogP contribution >= 0.6 is 0 Å². The molecule has 1 saturated heterocycles. The van der Waals surface area contributed by atoms with Gasteiger partial charge in [-0.2, -0.15) is 0 Å². The van der Waals surface area contributed by atoms with Crippen molar-refractivity contribution in [1.82, 2.24) is 4.90 Å². The van der Waals surface area contributed by atoms with E-state index in [0.717, 1.165) is 0 Å². The molecule has 0 aromatic heterocycles. The highest BCUT2D eigenvalue weighted by atomic mass is 16.6. The molecule has 1 fully saturated rings. The number of benzene rings is 2. The number of anilines is 1. The van der Waals surface area contributed by atoms with Crippen LogP contribution in [0.3, 0.4) is 0 Å². The molecule has 31 heavy (non-hydrogen) atoms. The van der Waals surface area contributed by atoms with Crippen LogP contribution in [0.15, 0.2) is 48.5 Å². The summed E-state index contributed by atoms with van der Waals surface area (Å²) in [6.07, 6.45) is 0.203. The van der Waals surface area contributed by atoms with Crippen LogP contribution in [0.25, 0.3) is 0 Å². The van der Waals surface area contributed by atoms with Gasteiger partial charge in [0.05, 0.1) is 16.2 Å². The molecule has 0 radical (unpaired) electrons. The van der Waals surface area contributed by atoms with Gasteiger partial charge in [-0.15, -0.1) is 0 Å². The first-order valence-corrected chi connectivity index (χ1v) is 9.93. The third kappa shape index (κ3) is 3.13. The number of amides is 2. The van der Waals surface area contributed by atoms with Gasteiger partial charge in [0.1, 0.15) is 6.61 Å². The van der Waals surface area contributed by atoms with Gasteiger partial charge in [-0.05, 0) is 31.5 Å². The number of hydrogen-bond donors (Lipinski definition) is 0. The van der Waals surface area contributed by atoms with E-state index in [2.05, 4.69) is 0 Å². The van der Waals surface area contributed by atoms with Crippen LogP contribution in [0.2, 0.25) is 0 Å². The van der Waals surface area contributed by atoms with Crippen molar-refractivity contribution in [2.45, 2.75) is 45.0 Å². The Labute approximate surface area is 178 Å². The standard InChI is InChI=1S/C22H21N3O6/c1-14(2)23-20(27)17-8-3-4-9-18(17)24-19(26)10-11-22(23,24)21(28)31-13-15-6-5-7-16(12-15)25(29)30/h3-9,12,14H,10-11,13H2,1-2H3/t22-/m1/s1. The SMILES string of the molecule is CC(C)N1C(=O)c2ccccc2N2C(=O)CC[C@]21C(=O)OCc1cccc([N+](=O)[O-])c1. The maximum absolute atomic E-state index is 13.5. The number of esters is 1. The first-order chi connectivity index (χ1) is 14.8. The summed E-state index contributed by atoms with van der Waals surface area (Å²) in [4.78, 5) is 52.9. The second-order valence-corrected chi connectivity index (χ2v) is 7.83. The van der Waals surface area contributed by atoms with Crippen LogP contribution < -0.4 is 4.90 Å². The van der Waals surface area contributed by atoms with Gasteiger partial charge in [0.2, 0.25) is 11.6 Å². The number of hydrogen-bond acceptors (Lipinski definition) is 6. The van der Waals surface area contributed by atoms with E-state index in [0.29, 0.717) is 16.8 Å². The Bertz CT molecular complexity index is 1100. The summed E-state index contributed by atoms with van der Waals surface area (Å²) in [5.41, 5.74) is -0.520. The molecule has 160 valence electrons. The van der Waals surface area contributed by atoms with E-state index < -0.39 is 16.6 Å². The fraction of sp³-hybridized carbons (Fsp3) is 0.318. The van der Waals surface area contributed by atoms with Crippen molar-refractivity contribution in [3.8, 4) is 0 Å². The number of carbonyl (C=O) groups is 3. The van der Waals surface area contributed by atoms with E-state index in [9.17, 15) is 24.5 Å². The molecule has 2 amide bonds. The summed E-state index contributed by atoms with van der Waals surface area (Å²) in [7, 11) is 0. The molecule has 0 bridgehead atoms. The number of fused-ring (bicyclic) bond motifs is 3. The van der Waals surface area contributed by atoms with Crippen molar-refractivity contribution in [2.75, 3.05) is 4.90 Å². The largest absolute Gasteiger partial charge is 0.458 e. The fourth-order valence-electron chi connectivity index (χ4n) is 4.40. The predicted molar refractivity (Wildman–Crippen MR) is 110 cm³/mol. The van der Waals surface area contributed by atoms with E-state index in [4.69, 9.17) is 4.74 Å². The molecule has 2 aromatic carbocycles. The third-order valence-electron chi connectivity index (χ3n) is 5.63. The number of carbonyl (C=O) groups excluding carboxylic acids is 3. The Morgan fingerprint density at radius 1 is 1.19 bits per heavy atom. The summed E-state index contributed by atoms with van der Waals surface area (Å²) in [5.74, 6) is -1.34. The number of nitrogens with zero attached hydrogens (tertiary/aromatic N) is 3. The molecule has 2 aliphatic heterocycles. The second-order valence-electron chi connectivity index (χ2n) is 7.83. The molecular formula is C22H21N3O6. The van der Waals surface area contributed by atoms with Crippen LogP contribution in [0.4, 0.5) is 11.4 Å². The number of ether oxygens (including phenoxy) is 1. The first kappa shape index (κ1) is 20.5. The number of nitro groups is 1. The normalized spacial score (nSPS) is 20.0. The van der Waals surface area contributed by atoms with Crippen molar-refractivity contribution in [3.05, 3.63) is 69.8 Å². The van der Waals surface area contributed by atoms with E-state index in [1.54, 1.807) is 44.2 Å². The summed E-state index contributed by atoms with van der Waals surface area (Å²) >= 11 is 0. The summed E-state index contributed by atoms with van der Waals surface area (Å²) in [6.45, 7) is 3.34. The molecule has 9 heteroatoms. The van der Waals surface area contributed by atoms with Gasteiger partial charge in [-0.3, -0.25) is 24.6 Å². The Morgan fingerprint density at radius 3 is 2.65 bits per heavy atom. The Balaban J connectivity index is 1.72. The molecule has 0 saturated carbocycles. The van der Waals surface area contributed by atoms with E-state index in [-0.39, 0.29) is 43.0 Å². The van der Waals surface area contributed by atoms with E-state index in [1.807, 2.05) is 0 Å². The zero-order chi connectivity index (χ0) is 22.3. The lowest BCUT2D eigenvalue weighted by Crippen LogP contribution is -2.70. The molecule has 0 spiro atoms. The smallest absolute Gasteiger partial charge is 0.354 e.